The number of carbonyl (C=O) groups excluding carboxylic acids is 1. The predicted molar refractivity (Wildman–Crippen MR) is 80.6 cm³/mol. The monoisotopic (exact) mass is 270 g/mol. The van der Waals surface area contributed by atoms with E-state index in [1.165, 1.54) is 0 Å². The zero-order valence-electron chi connectivity index (χ0n) is 11.5. The maximum absolute atomic E-state index is 11.1. The maximum Gasteiger partial charge on any atom is 0.217 e. The van der Waals surface area contributed by atoms with Crippen molar-refractivity contribution in [2.45, 2.75) is 19.4 Å². The summed E-state index contributed by atoms with van der Waals surface area (Å²) >= 11 is 0. The van der Waals surface area contributed by atoms with Crippen molar-refractivity contribution in [1.29, 1.82) is 0 Å². The zero-order valence-corrected chi connectivity index (χ0v) is 11.5. The van der Waals surface area contributed by atoms with Crippen molar-refractivity contribution >= 4 is 28.2 Å². The number of hydrogen-bond acceptors (Lipinski definition) is 4. The number of rotatable bonds is 2. The second kappa shape index (κ2) is 5.00. The molecule has 1 unspecified atom stereocenters. The van der Waals surface area contributed by atoms with Crippen LogP contribution in [0.4, 0.5) is 11.4 Å². The van der Waals surface area contributed by atoms with Crippen LogP contribution >= 0.6 is 0 Å². The summed E-state index contributed by atoms with van der Waals surface area (Å²) in [5.41, 5.74) is 8.97. The van der Waals surface area contributed by atoms with Crippen LogP contribution in [0.25, 0.3) is 10.9 Å². The van der Waals surface area contributed by atoms with Gasteiger partial charge in [-0.1, -0.05) is 0 Å². The molecule has 0 saturated carbocycles. The van der Waals surface area contributed by atoms with Gasteiger partial charge >= 0.3 is 0 Å². The summed E-state index contributed by atoms with van der Waals surface area (Å²) in [5.74, 6) is 0.0209. The Balaban J connectivity index is 1.88. The van der Waals surface area contributed by atoms with Crippen molar-refractivity contribution in [2.75, 3.05) is 23.7 Å². The molecule has 1 aliphatic rings. The SMILES string of the molecule is CC(=O)NC1CCN(c2ccc3ncccc3c2N)C1. The fourth-order valence-corrected chi connectivity index (χ4v) is 2.82. The van der Waals surface area contributed by atoms with E-state index in [1.807, 2.05) is 24.3 Å². The Bertz CT molecular complexity index is 655. The summed E-state index contributed by atoms with van der Waals surface area (Å²) in [6.07, 6.45) is 2.72. The molecule has 1 aromatic heterocycles. The molecule has 0 bridgehead atoms. The van der Waals surface area contributed by atoms with Gasteiger partial charge in [-0.15, -0.1) is 0 Å². The first kappa shape index (κ1) is 12.7. The van der Waals surface area contributed by atoms with Crippen molar-refractivity contribution in [3.05, 3.63) is 30.5 Å². The number of nitrogens with one attached hydrogen (secondary N) is 1. The number of pyridine rings is 1. The number of nitrogens with zero attached hydrogens (tertiary/aromatic N) is 2. The van der Waals surface area contributed by atoms with Crippen LogP contribution in [-0.2, 0) is 4.79 Å². The van der Waals surface area contributed by atoms with Crippen molar-refractivity contribution in [3.8, 4) is 0 Å². The van der Waals surface area contributed by atoms with E-state index >= 15 is 0 Å². The molecule has 1 aromatic carbocycles. The van der Waals surface area contributed by atoms with Gasteiger partial charge in [-0.3, -0.25) is 9.78 Å². The Morgan fingerprint density at radius 2 is 2.30 bits per heavy atom. The van der Waals surface area contributed by atoms with Gasteiger partial charge in [-0.05, 0) is 30.7 Å². The normalized spacial score (nSPS) is 18.4. The van der Waals surface area contributed by atoms with Crippen LogP contribution < -0.4 is 16.0 Å². The van der Waals surface area contributed by atoms with E-state index in [0.29, 0.717) is 0 Å². The largest absolute Gasteiger partial charge is 0.396 e. The number of hydrogen-bond donors (Lipinski definition) is 2. The first-order valence-electron chi connectivity index (χ1n) is 6.80. The first-order chi connectivity index (χ1) is 9.65. The summed E-state index contributed by atoms with van der Waals surface area (Å²) in [5, 5.41) is 3.94. The van der Waals surface area contributed by atoms with E-state index in [9.17, 15) is 4.79 Å². The van der Waals surface area contributed by atoms with Crippen molar-refractivity contribution in [2.24, 2.45) is 0 Å². The summed E-state index contributed by atoms with van der Waals surface area (Å²) < 4.78 is 0. The molecular weight excluding hydrogens is 252 g/mol. The molecule has 0 spiro atoms. The van der Waals surface area contributed by atoms with Crippen LogP contribution in [0.1, 0.15) is 13.3 Å². The Hall–Kier alpha value is -2.30. The van der Waals surface area contributed by atoms with Gasteiger partial charge < -0.3 is 16.0 Å². The summed E-state index contributed by atoms with van der Waals surface area (Å²) in [6, 6.07) is 8.10. The standard InChI is InChI=1S/C15H18N4O/c1-10(20)18-11-6-8-19(9-11)14-5-4-13-12(15(14)16)3-2-7-17-13/h2-5,7,11H,6,8-9,16H2,1H3,(H,18,20). The fraction of sp³-hybridized carbons (Fsp3) is 0.333. The van der Waals surface area contributed by atoms with E-state index in [0.717, 1.165) is 41.8 Å². The van der Waals surface area contributed by atoms with Crippen molar-refractivity contribution < 1.29 is 4.79 Å². The lowest BCUT2D eigenvalue weighted by Crippen LogP contribution is -2.35. The van der Waals surface area contributed by atoms with Gasteiger partial charge in [0.05, 0.1) is 16.9 Å². The summed E-state index contributed by atoms with van der Waals surface area (Å²) in [6.45, 7) is 3.26. The number of carbonyl (C=O) groups is 1. The molecule has 5 heteroatoms. The molecule has 0 radical (unpaired) electrons. The van der Waals surface area contributed by atoms with Gasteiger partial charge in [-0.25, -0.2) is 0 Å². The minimum absolute atomic E-state index is 0.0209. The maximum atomic E-state index is 11.1. The molecular formula is C15H18N4O. The Kier molecular flexibility index (Phi) is 3.18. The fourth-order valence-electron chi connectivity index (χ4n) is 2.82. The molecule has 104 valence electrons. The van der Waals surface area contributed by atoms with E-state index < -0.39 is 0 Å². The Morgan fingerprint density at radius 1 is 1.45 bits per heavy atom. The predicted octanol–water partition coefficient (Wildman–Crippen LogP) is 1.53. The van der Waals surface area contributed by atoms with Gasteiger partial charge in [0.15, 0.2) is 0 Å². The van der Waals surface area contributed by atoms with E-state index in [-0.39, 0.29) is 11.9 Å². The Labute approximate surface area is 117 Å². The highest BCUT2D eigenvalue weighted by atomic mass is 16.1. The zero-order chi connectivity index (χ0) is 14.1. The van der Waals surface area contributed by atoms with Gasteiger partial charge in [0.25, 0.3) is 0 Å². The molecule has 5 nitrogen and oxygen atoms in total. The number of amides is 1. The van der Waals surface area contributed by atoms with Crippen LogP contribution in [0, 0.1) is 0 Å². The lowest BCUT2D eigenvalue weighted by molar-refractivity contribution is -0.119. The number of nitrogens with two attached hydrogens (primary N) is 1. The molecule has 1 atom stereocenters. The van der Waals surface area contributed by atoms with Gasteiger partial charge in [0, 0.05) is 37.6 Å². The molecule has 3 rings (SSSR count). The molecule has 1 saturated heterocycles. The molecule has 2 aromatic rings. The number of fused-ring (bicyclic) bond motifs is 1. The van der Waals surface area contributed by atoms with Crippen LogP contribution in [0.15, 0.2) is 30.5 Å². The lowest BCUT2D eigenvalue weighted by atomic mass is 10.1. The van der Waals surface area contributed by atoms with Crippen molar-refractivity contribution in [3.63, 3.8) is 0 Å². The molecule has 3 N–H and O–H groups in total. The highest BCUT2D eigenvalue weighted by Gasteiger charge is 2.24. The minimum atomic E-state index is 0.0209. The lowest BCUT2D eigenvalue weighted by Gasteiger charge is -2.21. The average molecular weight is 270 g/mol. The number of benzene rings is 1. The van der Waals surface area contributed by atoms with E-state index in [2.05, 4.69) is 15.2 Å². The highest BCUT2D eigenvalue weighted by Crippen LogP contribution is 2.32. The van der Waals surface area contributed by atoms with Crippen LogP contribution in [0.2, 0.25) is 0 Å². The third kappa shape index (κ3) is 2.27. The number of nitrogen functional groups attached to an aromatic ring is 1. The molecule has 1 aliphatic heterocycles. The highest BCUT2D eigenvalue weighted by molar-refractivity contribution is 5.97. The molecule has 20 heavy (non-hydrogen) atoms. The minimum Gasteiger partial charge on any atom is -0.396 e. The second-order valence-corrected chi connectivity index (χ2v) is 5.20. The third-order valence-corrected chi connectivity index (χ3v) is 3.74. The van der Waals surface area contributed by atoms with Crippen LogP contribution in [-0.4, -0.2) is 30.0 Å². The first-order valence-corrected chi connectivity index (χ1v) is 6.80. The summed E-state index contributed by atoms with van der Waals surface area (Å²) in [7, 11) is 0. The average Bonchev–Trinajstić information content (AvgIpc) is 2.87. The van der Waals surface area contributed by atoms with Gasteiger partial charge in [0.1, 0.15) is 0 Å². The van der Waals surface area contributed by atoms with Crippen molar-refractivity contribution in [1.82, 2.24) is 10.3 Å². The molecule has 1 fully saturated rings. The van der Waals surface area contributed by atoms with Gasteiger partial charge in [-0.2, -0.15) is 0 Å². The molecule has 2 heterocycles. The van der Waals surface area contributed by atoms with E-state index in [4.69, 9.17) is 5.73 Å². The number of anilines is 2. The smallest absolute Gasteiger partial charge is 0.217 e. The van der Waals surface area contributed by atoms with Gasteiger partial charge in [0.2, 0.25) is 5.91 Å². The Morgan fingerprint density at radius 3 is 3.10 bits per heavy atom. The summed E-state index contributed by atoms with van der Waals surface area (Å²) in [4.78, 5) is 17.7. The molecule has 1 amide bonds. The second-order valence-electron chi connectivity index (χ2n) is 5.20. The topological polar surface area (TPSA) is 71.2 Å². The third-order valence-electron chi connectivity index (χ3n) is 3.74. The quantitative estimate of drug-likeness (QED) is 0.812. The van der Waals surface area contributed by atoms with Crippen LogP contribution in [0.3, 0.4) is 0 Å². The number of aromatic nitrogens is 1. The molecule has 0 aliphatic carbocycles. The van der Waals surface area contributed by atoms with E-state index in [1.54, 1.807) is 13.1 Å². The van der Waals surface area contributed by atoms with Crippen LogP contribution in [0.5, 0.6) is 0 Å².